The molecule has 0 spiro atoms. The average molecular weight is 1520 g/mol. The number of nitrogens with one attached hydrogen (secondary N) is 1. The lowest BCUT2D eigenvalue weighted by Crippen LogP contribution is -2.77. The maximum atomic E-state index is 7.81. The number of fused-ring (bicyclic) bond motifs is 4. The van der Waals surface area contributed by atoms with Crippen LogP contribution in [-0.4, -0.2) is 16.1 Å². The molecule has 544 valence electrons. The Balaban J connectivity index is 0.000000151. The van der Waals surface area contributed by atoms with Gasteiger partial charge < -0.3 is 20.0 Å². The van der Waals surface area contributed by atoms with Crippen molar-refractivity contribution in [1.29, 1.82) is 0 Å². The van der Waals surface area contributed by atoms with Crippen LogP contribution in [0.4, 0.5) is 62.6 Å². The molecule has 0 saturated heterocycles. The summed E-state index contributed by atoms with van der Waals surface area (Å²) in [6.07, 6.45) is 0. The van der Waals surface area contributed by atoms with Crippen LogP contribution in [0.3, 0.4) is 0 Å². The molecule has 1 N–H and O–H groups in total. The van der Waals surface area contributed by atoms with Crippen molar-refractivity contribution in [2.75, 3.05) is 20.0 Å². The van der Waals surface area contributed by atoms with Crippen LogP contribution >= 0.6 is 34.8 Å². The summed E-state index contributed by atoms with van der Waals surface area (Å²) < 4.78 is 0. The number of rotatable bonds is 11. The highest BCUT2D eigenvalue weighted by atomic mass is 35.5. The fourth-order valence-corrected chi connectivity index (χ4v) is 26.6. The van der Waals surface area contributed by atoms with Crippen LogP contribution in [-0.2, 0) is 21.7 Å². The quantitative estimate of drug-likeness (QED) is 0.130. The number of benzene rings is 14. The van der Waals surface area contributed by atoms with Crippen LogP contribution in [0.1, 0.15) is 105 Å². The van der Waals surface area contributed by atoms with E-state index in [9.17, 15) is 0 Å². The lowest BCUT2D eigenvalue weighted by Gasteiger charge is -2.45. The molecule has 9 heteroatoms. The molecule has 2 heterocycles. The number of hydrogen-bond donors (Lipinski definition) is 1. The Morgan fingerprint density at radius 3 is 0.826 bits per heavy atom. The number of nitrogens with zero attached hydrogens (tertiary/aromatic N) is 3. The van der Waals surface area contributed by atoms with Crippen molar-refractivity contribution in [3.63, 3.8) is 0 Å². The van der Waals surface area contributed by atoms with Crippen LogP contribution in [0, 0.1) is 0 Å². The first-order valence-corrected chi connectivity index (χ1v) is 42.9. The average Bonchev–Trinajstić information content (AvgIpc) is 0.699. The molecule has 109 heavy (non-hydrogen) atoms. The van der Waals surface area contributed by atoms with Gasteiger partial charge in [-0.3, -0.25) is 0 Å². The Hall–Kier alpha value is -10.4. The SMILES string of the molecule is CC(C)(C)c1ccc(N(c2ccc(C(C)(C)C)cc2)c2cccc(Cl)c2Cl)cc1.CC(C)(C)c1ccc(N(c2ccc(C(C)(C)C)cc2)c2cccc(N3c4ccccc4[Si](c4ccccc4)(c4ccccc4)c4ccccc43)c2Cl)cc1.c1ccc([Si]2(c3ccccc3)c3ccccc3Nc3ccccc32)cc1. The Bertz CT molecular complexity index is 5180. The molecule has 0 saturated carbocycles. The van der Waals surface area contributed by atoms with E-state index >= 15 is 0 Å². The van der Waals surface area contributed by atoms with Crippen molar-refractivity contribution in [2.45, 2.75) is 105 Å². The van der Waals surface area contributed by atoms with Gasteiger partial charge in [-0.05, 0) is 182 Å². The van der Waals surface area contributed by atoms with Crippen molar-refractivity contribution in [2.24, 2.45) is 0 Å². The van der Waals surface area contributed by atoms with Crippen LogP contribution < -0.4 is 61.5 Å². The second-order valence-corrected chi connectivity index (χ2v) is 41.2. The maximum absolute atomic E-state index is 7.81. The second kappa shape index (κ2) is 30.9. The summed E-state index contributed by atoms with van der Waals surface area (Å²) in [7, 11) is -5.08. The molecule has 16 rings (SSSR count). The first-order chi connectivity index (χ1) is 52.4. The molecule has 0 amide bonds. The standard InChI is InChI=1S/C50H47ClN2Si.C26H29Cl2N.C24H19NSi/c1-49(2,3)36-28-32-38(33-29-36)52(39-34-30-37(31-35-39)50(4,5)6)44-24-17-25-45(48(44)51)53-42-22-13-15-26-46(42)54(40-18-9-7-10-19-40,41-20-11-8-12-21-41)47-27-16-14-23-43(47)53;1-25(2,3)18-10-14-20(15-11-18)29(23-9-7-8-22(27)24(23)28)21-16-12-19(13-17-21)26(4,5)6;1-3-11-19(12-4-1)26(20-13-5-2-6-14-20)23-17-9-7-15-21(23)25-22-16-8-10-18-24(22)26/h7-35H,1-6H3;7-17H,1-6H3;1-18,25H. The van der Waals surface area contributed by atoms with E-state index in [2.05, 4.69) is 437 Å². The summed E-state index contributed by atoms with van der Waals surface area (Å²) in [5.41, 5.74) is 17.2. The Morgan fingerprint density at radius 1 is 0.248 bits per heavy atom. The van der Waals surface area contributed by atoms with E-state index in [4.69, 9.17) is 34.8 Å². The van der Waals surface area contributed by atoms with Gasteiger partial charge in [-0.2, -0.15) is 0 Å². The van der Waals surface area contributed by atoms with E-state index in [-0.39, 0.29) is 21.7 Å². The maximum Gasteiger partial charge on any atom is 0.184 e. The van der Waals surface area contributed by atoms with Gasteiger partial charge in [0.1, 0.15) is 0 Å². The van der Waals surface area contributed by atoms with Crippen LogP contribution in [0.5, 0.6) is 0 Å². The molecule has 0 bridgehead atoms. The molecular formula is C100H95Cl3N4Si2. The number of para-hydroxylation sites is 4. The fourth-order valence-electron chi connectivity index (χ4n) is 15.8. The molecular weight excluding hydrogens is 1420 g/mol. The van der Waals surface area contributed by atoms with Gasteiger partial charge in [-0.25, -0.2) is 0 Å². The van der Waals surface area contributed by atoms with Crippen molar-refractivity contribution in [3.8, 4) is 0 Å². The van der Waals surface area contributed by atoms with Crippen molar-refractivity contribution in [1.82, 2.24) is 0 Å². The third-order valence-electron chi connectivity index (χ3n) is 21.4. The zero-order valence-corrected chi connectivity index (χ0v) is 68.7. The van der Waals surface area contributed by atoms with Gasteiger partial charge in [0, 0.05) is 45.5 Å². The van der Waals surface area contributed by atoms with E-state index in [1.807, 2.05) is 18.2 Å². The van der Waals surface area contributed by atoms with Gasteiger partial charge in [0.25, 0.3) is 0 Å². The molecule has 14 aromatic rings. The largest absolute Gasteiger partial charge is 0.356 e. The van der Waals surface area contributed by atoms with Gasteiger partial charge in [0.05, 0.1) is 32.1 Å². The van der Waals surface area contributed by atoms with Gasteiger partial charge in [-0.15, -0.1) is 0 Å². The van der Waals surface area contributed by atoms with E-state index in [1.165, 1.54) is 75.1 Å². The van der Waals surface area contributed by atoms with Gasteiger partial charge in [-0.1, -0.05) is 373 Å². The summed E-state index contributed by atoms with van der Waals surface area (Å²) in [6.45, 7) is 26.9. The van der Waals surface area contributed by atoms with Gasteiger partial charge >= 0.3 is 0 Å². The molecule has 0 aromatic heterocycles. The number of hydrogen-bond acceptors (Lipinski definition) is 4. The van der Waals surface area contributed by atoms with Crippen LogP contribution in [0.15, 0.2) is 352 Å². The predicted octanol–water partition coefficient (Wildman–Crippen LogP) is 23.7. The van der Waals surface area contributed by atoms with E-state index in [0.29, 0.717) is 15.1 Å². The normalized spacial score (nSPS) is 13.3. The molecule has 4 nitrogen and oxygen atoms in total. The summed E-state index contributed by atoms with van der Waals surface area (Å²) in [6, 6.07) is 127. The van der Waals surface area contributed by atoms with E-state index < -0.39 is 16.1 Å². The van der Waals surface area contributed by atoms with Crippen molar-refractivity contribution in [3.05, 3.63) is 389 Å². The smallest absolute Gasteiger partial charge is 0.184 e. The molecule has 0 unspecified atom stereocenters. The minimum Gasteiger partial charge on any atom is -0.356 e. The summed E-state index contributed by atoms with van der Waals surface area (Å²) in [5.74, 6) is 0. The third kappa shape index (κ3) is 14.8. The molecule has 2 aliphatic heterocycles. The first kappa shape index (κ1) is 75.4. The molecule has 2 aliphatic rings. The molecule has 14 aromatic carbocycles. The van der Waals surface area contributed by atoms with Crippen molar-refractivity contribution >= 4 is 155 Å². The molecule has 0 fully saturated rings. The van der Waals surface area contributed by atoms with Crippen LogP contribution in [0.2, 0.25) is 15.1 Å². The van der Waals surface area contributed by atoms with Gasteiger partial charge in [0.15, 0.2) is 16.1 Å². The highest BCUT2D eigenvalue weighted by Gasteiger charge is 2.50. The Labute approximate surface area is 664 Å². The topological polar surface area (TPSA) is 21.8 Å². The highest BCUT2D eigenvalue weighted by Crippen LogP contribution is 2.49. The number of anilines is 11. The minimum absolute atomic E-state index is 0.0440. The second-order valence-electron chi connectivity index (χ2n) is 32.6. The molecule has 0 aliphatic carbocycles. The zero-order chi connectivity index (χ0) is 76.5. The van der Waals surface area contributed by atoms with E-state index in [1.54, 1.807) is 0 Å². The minimum atomic E-state index is -2.75. The monoisotopic (exact) mass is 1510 g/mol. The third-order valence-corrected chi connectivity index (χ3v) is 32.4. The van der Waals surface area contributed by atoms with Crippen molar-refractivity contribution < 1.29 is 0 Å². The Morgan fingerprint density at radius 2 is 0.505 bits per heavy atom. The molecule has 0 atom stereocenters. The Kier molecular flexibility index (Phi) is 21.4. The first-order valence-electron chi connectivity index (χ1n) is 37.8. The highest BCUT2D eigenvalue weighted by molar-refractivity contribution is 7.22. The predicted molar refractivity (Wildman–Crippen MR) is 477 cm³/mol. The lowest BCUT2D eigenvalue weighted by molar-refractivity contribution is 0.590. The van der Waals surface area contributed by atoms with Gasteiger partial charge in [0.2, 0.25) is 0 Å². The summed E-state index contributed by atoms with van der Waals surface area (Å²) in [4.78, 5) is 6.86. The number of halogens is 3. The summed E-state index contributed by atoms with van der Waals surface area (Å²) in [5, 5.41) is 16.6. The van der Waals surface area contributed by atoms with Crippen LogP contribution in [0.25, 0.3) is 0 Å². The summed E-state index contributed by atoms with van der Waals surface area (Å²) >= 11 is 20.8. The van der Waals surface area contributed by atoms with E-state index in [0.717, 1.165) is 51.2 Å². The molecule has 0 radical (unpaired) electrons. The fraction of sp³-hybridized carbons (Fsp3) is 0.160. The lowest BCUT2D eigenvalue weighted by atomic mass is 9.86. The zero-order valence-electron chi connectivity index (χ0n) is 64.5.